The first-order valence-electron chi connectivity index (χ1n) is 10.7. The second kappa shape index (κ2) is 10.8. The first kappa shape index (κ1) is 22.6. The minimum Gasteiger partial charge on any atom is -0.504 e. The molecular formula is C26H24N4O4. The largest absolute Gasteiger partial charge is 0.504 e. The van der Waals surface area contributed by atoms with Gasteiger partial charge in [-0.15, -0.1) is 0 Å². The maximum Gasteiger partial charge on any atom is 0.289 e. The van der Waals surface area contributed by atoms with Crippen molar-refractivity contribution in [2.24, 2.45) is 5.10 Å². The van der Waals surface area contributed by atoms with E-state index in [4.69, 9.17) is 9.47 Å². The Morgan fingerprint density at radius 3 is 2.62 bits per heavy atom. The summed E-state index contributed by atoms with van der Waals surface area (Å²) in [6.07, 6.45) is 1.35. The number of rotatable bonds is 9. The van der Waals surface area contributed by atoms with E-state index in [0.29, 0.717) is 30.2 Å². The first-order chi connectivity index (χ1) is 16.6. The van der Waals surface area contributed by atoms with Gasteiger partial charge in [-0.2, -0.15) is 10.2 Å². The lowest BCUT2D eigenvalue weighted by atomic mass is 10.1. The van der Waals surface area contributed by atoms with E-state index in [0.717, 1.165) is 16.9 Å². The van der Waals surface area contributed by atoms with E-state index in [-0.39, 0.29) is 11.4 Å². The lowest BCUT2D eigenvalue weighted by Crippen LogP contribution is -2.18. The summed E-state index contributed by atoms with van der Waals surface area (Å²) in [5, 5.41) is 21.0. The molecular weight excluding hydrogens is 432 g/mol. The van der Waals surface area contributed by atoms with E-state index in [9.17, 15) is 9.90 Å². The van der Waals surface area contributed by atoms with Crippen molar-refractivity contribution in [3.05, 3.63) is 95.7 Å². The van der Waals surface area contributed by atoms with Crippen molar-refractivity contribution in [3.63, 3.8) is 0 Å². The van der Waals surface area contributed by atoms with E-state index < -0.39 is 5.91 Å². The number of aromatic nitrogens is 2. The van der Waals surface area contributed by atoms with Gasteiger partial charge in [0.25, 0.3) is 5.91 Å². The normalized spacial score (nSPS) is 10.9. The molecule has 0 unspecified atom stereocenters. The number of carbonyl (C=O) groups excluding carboxylic acids is 1. The zero-order valence-electron chi connectivity index (χ0n) is 18.6. The van der Waals surface area contributed by atoms with Crippen molar-refractivity contribution in [3.8, 4) is 28.5 Å². The van der Waals surface area contributed by atoms with Crippen LogP contribution in [0, 0.1) is 0 Å². The number of aromatic amines is 1. The molecule has 0 aliphatic rings. The number of para-hydroxylation sites is 1. The fraction of sp³-hybridized carbons (Fsp3) is 0.115. The first-order valence-corrected chi connectivity index (χ1v) is 10.7. The van der Waals surface area contributed by atoms with Crippen LogP contribution in [0.3, 0.4) is 0 Å². The molecule has 3 N–H and O–H groups in total. The Balaban J connectivity index is 1.35. The Labute approximate surface area is 196 Å². The van der Waals surface area contributed by atoms with Crippen LogP contribution in [0.25, 0.3) is 11.3 Å². The number of hydrogen-bond acceptors (Lipinski definition) is 6. The van der Waals surface area contributed by atoms with E-state index in [1.807, 2.05) is 61.5 Å². The molecule has 0 saturated heterocycles. The number of amides is 1. The minimum absolute atomic E-state index is 0.0395. The fourth-order valence-electron chi connectivity index (χ4n) is 3.18. The summed E-state index contributed by atoms with van der Waals surface area (Å²) in [6, 6.07) is 24.1. The Morgan fingerprint density at radius 2 is 1.85 bits per heavy atom. The Bertz CT molecular complexity index is 1270. The van der Waals surface area contributed by atoms with Crippen molar-refractivity contribution in [1.29, 1.82) is 0 Å². The maximum absolute atomic E-state index is 12.4. The molecule has 8 nitrogen and oxygen atoms in total. The zero-order chi connectivity index (χ0) is 23.8. The number of ether oxygens (including phenoxy) is 2. The molecule has 34 heavy (non-hydrogen) atoms. The number of hydrogen-bond donors (Lipinski definition) is 3. The number of benzene rings is 3. The molecule has 1 aromatic heterocycles. The van der Waals surface area contributed by atoms with Crippen LogP contribution in [-0.4, -0.2) is 34.0 Å². The number of hydrazone groups is 1. The van der Waals surface area contributed by atoms with Gasteiger partial charge in [-0.05, 0) is 55.0 Å². The van der Waals surface area contributed by atoms with Gasteiger partial charge in [-0.3, -0.25) is 9.89 Å². The second-order valence-electron chi connectivity index (χ2n) is 7.29. The van der Waals surface area contributed by atoms with E-state index in [2.05, 4.69) is 20.7 Å². The average molecular weight is 457 g/mol. The summed E-state index contributed by atoms with van der Waals surface area (Å²) >= 11 is 0. The molecule has 3 aromatic carbocycles. The van der Waals surface area contributed by atoms with Crippen molar-refractivity contribution < 1.29 is 19.4 Å². The molecule has 0 bridgehead atoms. The van der Waals surface area contributed by atoms with Gasteiger partial charge in [0.1, 0.15) is 18.1 Å². The van der Waals surface area contributed by atoms with Crippen molar-refractivity contribution in [2.45, 2.75) is 13.5 Å². The molecule has 0 aliphatic carbocycles. The topological polar surface area (TPSA) is 109 Å². The van der Waals surface area contributed by atoms with Crippen molar-refractivity contribution >= 4 is 12.1 Å². The molecule has 0 aliphatic heterocycles. The Kier molecular flexibility index (Phi) is 7.19. The average Bonchev–Trinajstić information content (AvgIpc) is 3.37. The molecule has 8 heteroatoms. The molecule has 4 rings (SSSR count). The van der Waals surface area contributed by atoms with E-state index in [1.165, 1.54) is 6.21 Å². The van der Waals surface area contributed by atoms with Crippen LogP contribution in [0.4, 0.5) is 0 Å². The van der Waals surface area contributed by atoms with Crippen LogP contribution < -0.4 is 14.9 Å². The molecule has 1 heterocycles. The molecule has 0 atom stereocenters. The third-order valence-corrected chi connectivity index (χ3v) is 4.92. The maximum atomic E-state index is 12.4. The summed E-state index contributed by atoms with van der Waals surface area (Å²) in [5.74, 6) is 0.597. The highest BCUT2D eigenvalue weighted by Gasteiger charge is 2.11. The van der Waals surface area contributed by atoms with Gasteiger partial charge in [0.05, 0.1) is 18.5 Å². The second-order valence-corrected chi connectivity index (χ2v) is 7.29. The lowest BCUT2D eigenvalue weighted by Gasteiger charge is -2.07. The van der Waals surface area contributed by atoms with Crippen LogP contribution in [0.2, 0.25) is 0 Å². The number of nitrogens with zero attached hydrogens (tertiary/aromatic N) is 2. The number of nitrogens with one attached hydrogen (secondary N) is 2. The summed E-state index contributed by atoms with van der Waals surface area (Å²) in [6.45, 7) is 2.74. The summed E-state index contributed by atoms with van der Waals surface area (Å²) in [7, 11) is 0. The smallest absolute Gasteiger partial charge is 0.289 e. The van der Waals surface area contributed by atoms with Crippen molar-refractivity contribution in [2.75, 3.05) is 6.61 Å². The Hall–Kier alpha value is -4.59. The number of phenolic OH excluding ortho intramolecular Hbond substituents is 1. The third kappa shape index (κ3) is 5.60. The van der Waals surface area contributed by atoms with Crippen LogP contribution in [0.5, 0.6) is 17.2 Å². The molecule has 172 valence electrons. The van der Waals surface area contributed by atoms with E-state index in [1.54, 1.807) is 24.3 Å². The fourth-order valence-corrected chi connectivity index (χ4v) is 3.18. The predicted molar refractivity (Wildman–Crippen MR) is 129 cm³/mol. The minimum atomic E-state index is -0.460. The highest BCUT2D eigenvalue weighted by Crippen LogP contribution is 2.28. The van der Waals surface area contributed by atoms with Crippen LogP contribution in [0.1, 0.15) is 28.5 Å². The standard InChI is InChI=1S/C26H24N4O4/c1-2-33-24-10-6-9-20(25(24)31)16-27-30-26(32)23-15-22(28-29-23)19-11-13-21(14-12-19)34-17-18-7-4-3-5-8-18/h3-16,31H,2,17H2,1H3,(H,28,29)(H,30,32)/b27-16-. The molecule has 0 spiro atoms. The molecule has 0 radical (unpaired) electrons. The van der Waals surface area contributed by atoms with Gasteiger partial charge in [0, 0.05) is 11.1 Å². The highest BCUT2D eigenvalue weighted by molar-refractivity contribution is 5.94. The van der Waals surface area contributed by atoms with Crippen LogP contribution in [-0.2, 0) is 6.61 Å². The van der Waals surface area contributed by atoms with Gasteiger partial charge < -0.3 is 14.6 Å². The zero-order valence-corrected chi connectivity index (χ0v) is 18.6. The van der Waals surface area contributed by atoms with E-state index >= 15 is 0 Å². The summed E-state index contributed by atoms with van der Waals surface area (Å²) in [4.78, 5) is 12.4. The number of H-pyrrole nitrogens is 1. The van der Waals surface area contributed by atoms with Gasteiger partial charge in [0.2, 0.25) is 0 Å². The molecule has 0 saturated carbocycles. The Morgan fingerprint density at radius 1 is 1.06 bits per heavy atom. The van der Waals surface area contributed by atoms with Gasteiger partial charge in [-0.1, -0.05) is 36.4 Å². The molecule has 0 fully saturated rings. The van der Waals surface area contributed by atoms with Gasteiger partial charge >= 0.3 is 0 Å². The van der Waals surface area contributed by atoms with Gasteiger partial charge in [-0.25, -0.2) is 5.43 Å². The molecule has 1 amide bonds. The number of aromatic hydroxyl groups is 1. The summed E-state index contributed by atoms with van der Waals surface area (Å²) < 4.78 is 11.1. The summed E-state index contributed by atoms with van der Waals surface area (Å²) in [5.41, 5.74) is 5.64. The van der Waals surface area contributed by atoms with Crippen LogP contribution in [0.15, 0.2) is 84.0 Å². The number of phenols is 1. The highest BCUT2D eigenvalue weighted by atomic mass is 16.5. The number of carbonyl (C=O) groups is 1. The SMILES string of the molecule is CCOc1cccc(/C=N\NC(=O)c2cc(-c3ccc(OCc4ccccc4)cc3)n[nH]2)c1O. The van der Waals surface area contributed by atoms with Gasteiger partial charge in [0.15, 0.2) is 11.5 Å². The monoisotopic (exact) mass is 456 g/mol. The quantitative estimate of drug-likeness (QED) is 0.253. The van der Waals surface area contributed by atoms with Crippen molar-refractivity contribution in [1.82, 2.24) is 15.6 Å². The third-order valence-electron chi connectivity index (χ3n) is 4.92. The molecule has 4 aromatic rings. The predicted octanol–water partition coefficient (Wildman–Crippen LogP) is 4.52. The van der Waals surface area contributed by atoms with Crippen LogP contribution >= 0.6 is 0 Å². The lowest BCUT2D eigenvalue weighted by molar-refractivity contribution is 0.0950.